The number of carbonyl (C=O) groups is 1. The normalized spacial score (nSPS) is 10.2. The summed E-state index contributed by atoms with van der Waals surface area (Å²) < 4.78 is 0.770. The van der Waals surface area contributed by atoms with Crippen LogP contribution in [0.5, 0.6) is 0 Å². The first-order valence-electron chi connectivity index (χ1n) is 5.17. The molecule has 0 radical (unpaired) electrons. The van der Waals surface area contributed by atoms with Crippen molar-refractivity contribution in [3.05, 3.63) is 22.7 Å². The third-order valence-electron chi connectivity index (χ3n) is 1.95. The monoisotopic (exact) mass is 318 g/mol. The van der Waals surface area contributed by atoms with Crippen LogP contribution in [0, 0.1) is 0 Å². The molecule has 0 saturated heterocycles. The Bertz CT molecular complexity index is 388. The van der Waals surface area contributed by atoms with Gasteiger partial charge < -0.3 is 16.2 Å². The van der Waals surface area contributed by atoms with Crippen molar-refractivity contribution < 1.29 is 9.90 Å². The Morgan fingerprint density at radius 2 is 2.29 bits per heavy atom. The van der Waals surface area contributed by atoms with Crippen LogP contribution >= 0.6 is 27.7 Å². The summed E-state index contributed by atoms with van der Waals surface area (Å²) in [6, 6.07) is 5.24. The minimum atomic E-state index is -0.0570. The largest absolute Gasteiger partial charge is 0.399 e. The second-order valence-electron chi connectivity index (χ2n) is 3.42. The van der Waals surface area contributed by atoms with Crippen molar-refractivity contribution in [2.24, 2.45) is 0 Å². The Kier molecular flexibility index (Phi) is 6.39. The molecule has 0 unspecified atom stereocenters. The Labute approximate surface area is 113 Å². The topological polar surface area (TPSA) is 75.3 Å². The maximum Gasteiger partial charge on any atom is 0.234 e. The molecule has 1 aromatic rings. The summed E-state index contributed by atoms with van der Waals surface area (Å²) in [6.45, 7) is 0.165. The second-order valence-corrected chi connectivity index (χ2v) is 5.38. The van der Waals surface area contributed by atoms with E-state index in [0.29, 0.717) is 23.5 Å². The number of aliphatic hydroxyl groups excluding tert-OH is 1. The van der Waals surface area contributed by atoms with E-state index in [0.717, 1.165) is 10.2 Å². The molecule has 1 rings (SSSR count). The fourth-order valence-electron chi connectivity index (χ4n) is 1.15. The fourth-order valence-corrected chi connectivity index (χ4v) is 2.38. The maximum absolute atomic E-state index is 11.6. The van der Waals surface area contributed by atoms with Gasteiger partial charge in [-0.1, -0.05) is 0 Å². The van der Waals surface area contributed by atoms with Gasteiger partial charge in [0, 0.05) is 16.8 Å². The molecule has 0 aliphatic rings. The van der Waals surface area contributed by atoms with Gasteiger partial charge in [0.1, 0.15) is 0 Å². The highest BCUT2D eigenvalue weighted by atomic mass is 79.9. The number of hydrogen-bond acceptors (Lipinski definition) is 4. The van der Waals surface area contributed by atoms with Crippen LogP contribution < -0.4 is 11.1 Å². The molecule has 0 heterocycles. The minimum Gasteiger partial charge on any atom is -0.399 e. The molecule has 0 saturated carbocycles. The molecule has 94 valence electrons. The van der Waals surface area contributed by atoms with Crippen molar-refractivity contribution in [1.29, 1.82) is 0 Å². The number of nitrogen functional groups attached to an aromatic ring is 1. The number of anilines is 2. The molecule has 17 heavy (non-hydrogen) atoms. The second kappa shape index (κ2) is 7.58. The van der Waals surface area contributed by atoms with Crippen LogP contribution in [-0.2, 0) is 4.79 Å². The SMILES string of the molecule is Nc1ccc(NC(=O)CSCCCO)c(Br)c1. The van der Waals surface area contributed by atoms with Crippen LogP contribution in [0.15, 0.2) is 22.7 Å². The summed E-state index contributed by atoms with van der Waals surface area (Å²) in [5, 5.41) is 11.4. The van der Waals surface area contributed by atoms with E-state index in [9.17, 15) is 4.79 Å². The summed E-state index contributed by atoms with van der Waals surface area (Å²) in [4.78, 5) is 11.6. The minimum absolute atomic E-state index is 0.0570. The average Bonchev–Trinajstić information content (AvgIpc) is 2.28. The zero-order valence-electron chi connectivity index (χ0n) is 9.28. The van der Waals surface area contributed by atoms with Crippen LogP contribution in [0.1, 0.15) is 6.42 Å². The third kappa shape index (κ3) is 5.43. The number of nitrogens with one attached hydrogen (secondary N) is 1. The summed E-state index contributed by atoms with van der Waals surface area (Å²) >= 11 is 4.84. The first-order chi connectivity index (χ1) is 8.13. The zero-order chi connectivity index (χ0) is 12.7. The molecule has 1 aromatic carbocycles. The van der Waals surface area contributed by atoms with Crippen LogP contribution in [0.2, 0.25) is 0 Å². The van der Waals surface area contributed by atoms with Gasteiger partial charge in [-0.3, -0.25) is 4.79 Å². The molecule has 4 nitrogen and oxygen atoms in total. The lowest BCUT2D eigenvalue weighted by atomic mass is 10.3. The van der Waals surface area contributed by atoms with Gasteiger partial charge in [-0.2, -0.15) is 11.8 Å². The van der Waals surface area contributed by atoms with Crippen molar-refractivity contribution in [3.8, 4) is 0 Å². The molecular formula is C11H15BrN2O2S. The molecule has 0 bridgehead atoms. The predicted octanol–water partition coefficient (Wildman–Crippen LogP) is 2.09. The standard InChI is InChI=1S/C11H15BrN2O2S/c12-9-6-8(13)2-3-10(9)14-11(16)7-17-5-1-4-15/h2-3,6,15H,1,4-5,7,13H2,(H,14,16). The number of amides is 1. The smallest absolute Gasteiger partial charge is 0.234 e. The molecule has 6 heteroatoms. The maximum atomic E-state index is 11.6. The van der Waals surface area contributed by atoms with Gasteiger partial charge >= 0.3 is 0 Å². The molecule has 0 atom stereocenters. The van der Waals surface area contributed by atoms with Crippen LogP contribution in [0.4, 0.5) is 11.4 Å². The number of thioether (sulfide) groups is 1. The third-order valence-corrected chi connectivity index (χ3v) is 3.65. The van der Waals surface area contributed by atoms with Crippen molar-refractivity contribution >= 4 is 45.0 Å². The summed E-state index contributed by atoms with van der Waals surface area (Å²) in [7, 11) is 0. The van der Waals surface area contributed by atoms with Crippen LogP contribution in [0.25, 0.3) is 0 Å². The summed E-state index contributed by atoms with van der Waals surface area (Å²) in [6.07, 6.45) is 0.712. The van der Waals surface area contributed by atoms with E-state index in [-0.39, 0.29) is 12.5 Å². The molecule has 0 aliphatic heterocycles. The molecule has 4 N–H and O–H groups in total. The number of hydrogen-bond donors (Lipinski definition) is 3. The van der Waals surface area contributed by atoms with E-state index in [1.807, 2.05) is 0 Å². The van der Waals surface area contributed by atoms with E-state index in [2.05, 4.69) is 21.2 Å². The number of rotatable bonds is 6. The van der Waals surface area contributed by atoms with Gasteiger partial charge in [-0.25, -0.2) is 0 Å². The lowest BCUT2D eigenvalue weighted by molar-refractivity contribution is -0.113. The fraction of sp³-hybridized carbons (Fsp3) is 0.364. The van der Waals surface area contributed by atoms with E-state index in [1.54, 1.807) is 18.2 Å². The van der Waals surface area contributed by atoms with Crippen molar-refractivity contribution in [2.75, 3.05) is 29.2 Å². The zero-order valence-corrected chi connectivity index (χ0v) is 11.7. The Balaban J connectivity index is 2.40. The van der Waals surface area contributed by atoms with Crippen LogP contribution in [-0.4, -0.2) is 29.1 Å². The van der Waals surface area contributed by atoms with E-state index >= 15 is 0 Å². The number of aliphatic hydroxyl groups is 1. The predicted molar refractivity (Wildman–Crippen MR) is 76.2 cm³/mol. The van der Waals surface area contributed by atoms with Gasteiger partial charge in [0.2, 0.25) is 5.91 Å². The average molecular weight is 319 g/mol. The van der Waals surface area contributed by atoms with E-state index in [4.69, 9.17) is 10.8 Å². The van der Waals surface area contributed by atoms with Crippen molar-refractivity contribution in [1.82, 2.24) is 0 Å². The van der Waals surface area contributed by atoms with Gasteiger partial charge in [-0.15, -0.1) is 0 Å². The van der Waals surface area contributed by atoms with Gasteiger partial charge in [0.05, 0.1) is 11.4 Å². The van der Waals surface area contributed by atoms with Crippen LogP contribution in [0.3, 0.4) is 0 Å². The lowest BCUT2D eigenvalue weighted by Gasteiger charge is -2.07. The first kappa shape index (κ1) is 14.3. The Morgan fingerprint density at radius 1 is 1.53 bits per heavy atom. The van der Waals surface area contributed by atoms with E-state index in [1.165, 1.54) is 11.8 Å². The lowest BCUT2D eigenvalue weighted by Crippen LogP contribution is -2.14. The highest BCUT2D eigenvalue weighted by molar-refractivity contribution is 9.10. The summed E-state index contributed by atoms with van der Waals surface area (Å²) in [5.74, 6) is 1.11. The molecule has 0 fully saturated rings. The quantitative estimate of drug-likeness (QED) is 0.554. The van der Waals surface area contributed by atoms with Gasteiger partial charge in [0.15, 0.2) is 0 Å². The highest BCUT2D eigenvalue weighted by Crippen LogP contribution is 2.24. The number of halogens is 1. The molecule has 0 aromatic heterocycles. The Hall–Kier alpha value is -0.720. The summed E-state index contributed by atoms with van der Waals surface area (Å²) in [5.41, 5.74) is 6.96. The molecule has 0 aliphatic carbocycles. The highest BCUT2D eigenvalue weighted by Gasteiger charge is 2.05. The van der Waals surface area contributed by atoms with Gasteiger partial charge in [-0.05, 0) is 46.3 Å². The molecule has 0 spiro atoms. The van der Waals surface area contributed by atoms with Crippen molar-refractivity contribution in [3.63, 3.8) is 0 Å². The first-order valence-corrected chi connectivity index (χ1v) is 7.11. The molecule has 1 amide bonds. The number of benzene rings is 1. The number of nitrogens with two attached hydrogens (primary N) is 1. The number of carbonyl (C=O) groups excluding carboxylic acids is 1. The van der Waals surface area contributed by atoms with Gasteiger partial charge in [0.25, 0.3) is 0 Å². The van der Waals surface area contributed by atoms with Crippen molar-refractivity contribution in [2.45, 2.75) is 6.42 Å². The molecular weight excluding hydrogens is 304 g/mol. The van der Waals surface area contributed by atoms with E-state index < -0.39 is 0 Å². The Morgan fingerprint density at radius 3 is 2.94 bits per heavy atom.